The summed E-state index contributed by atoms with van der Waals surface area (Å²) in [5, 5.41) is 5.54. The molecule has 0 atom stereocenters. The van der Waals surface area contributed by atoms with E-state index in [0.717, 1.165) is 17.7 Å². The van der Waals surface area contributed by atoms with Crippen LogP contribution in [0, 0.1) is 11.6 Å². The zero-order chi connectivity index (χ0) is 17.6. The lowest BCUT2D eigenvalue weighted by atomic mass is 10.2. The minimum Gasteiger partial charge on any atom is -0.352 e. The van der Waals surface area contributed by atoms with Gasteiger partial charge in [-0.05, 0) is 35.9 Å². The van der Waals surface area contributed by atoms with Crippen LogP contribution in [0.3, 0.4) is 0 Å². The smallest absolute Gasteiger partial charge is 0.253 e. The van der Waals surface area contributed by atoms with Gasteiger partial charge < -0.3 is 10.6 Å². The molecule has 1 aromatic carbocycles. The molecule has 3 rings (SSSR count). The second-order valence-corrected chi connectivity index (χ2v) is 5.25. The highest BCUT2D eigenvalue weighted by molar-refractivity contribution is 5.94. The van der Waals surface area contributed by atoms with Gasteiger partial charge in [0.1, 0.15) is 11.6 Å². The predicted molar refractivity (Wildman–Crippen MR) is 89.3 cm³/mol. The van der Waals surface area contributed by atoms with Crippen molar-refractivity contribution in [3.05, 3.63) is 83.9 Å². The number of amides is 1. The molecule has 2 aromatic heterocycles. The predicted octanol–water partition coefficient (Wildman–Crippen LogP) is 3.43. The number of halogens is 2. The van der Waals surface area contributed by atoms with E-state index in [0.29, 0.717) is 17.8 Å². The van der Waals surface area contributed by atoms with Crippen LogP contribution in [-0.4, -0.2) is 15.9 Å². The minimum atomic E-state index is -0.729. The highest BCUT2D eigenvalue weighted by Crippen LogP contribution is 2.20. The van der Waals surface area contributed by atoms with Crippen molar-refractivity contribution in [2.45, 2.75) is 6.54 Å². The van der Waals surface area contributed by atoms with Crippen LogP contribution in [0.5, 0.6) is 0 Å². The minimum absolute atomic E-state index is 0.0949. The Labute approximate surface area is 142 Å². The van der Waals surface area contributed by atoms with Gasteiger partial charge in [-0.1, -0.05) is 0 Å². The lowest BCUT2D eigenvalue weighted by Crippen LogP contribution is -2.23. The fourth-order valence-corrected chi connectivity index (χ4v) is 2.16. The molecular formula is C18H14F2N4O. The van der Waals surface area contributed by atoms with Gasteiger partial charge in [0, 0.05) is 31.2 Å². The number of carbonyl (C=O) groups is 1. The lowest BCUT2D eigenvalue weighted by Gasteiger charge is -2.09. The van der Waals surface area contributed by atoms with E-state index >= 15 is 0 Å². The molecule has 0 aliphatic heterocycles. The molecule has 0 unspecified atom stereocenters. The molecule has 0 saturated carbocycles. The summed E-state index contributed by atoms with van der Waals surface area (Å²) < 4.78 is 26.6. The number of anilines is 2. The normalized spacial score (nSPS) is 10.3. The van der Waals surface area contributed by atoms with Gasteiger partial charge in [0.15, 0.2) is 0 Å². The van der Waals surface area contributed by atoms with Crippen LogP contribution in [0.2, 0.25) is 0 Å². The summed E-state index contributed by atoms with van der Waals surface area (Å²) in [5.74, 6) is -1.70. The van der Waals surface area contributed by atoms with Crippen molar-refractivity contribution in [3.8, 4) is 0 Å². The van der Waals surface area contributed by atoms with Crippen molar-refractivity contribution in [3.63, 3.8) is 0 Å². The van der Waals surface area contributed by atoms with Crippen LogP contribution in [0.1, 0.15) is 15.9 Å². The first-order valence-corrected chi connectivity index (χ1v) is 7.46. The zero-order valence-electron chi connectivity index (χ0n) is 13.0. The molecule has 2 heterocycles. The third-order valence-electron chi connectivity index (χ3n) is 3.41. The standard InChI is InChI=1S/C18H14F2N4O/c19-14-1-2-17(16(20)8-14)24-15-7-13(10-22-11-15)18(25)23-9-12-3-5-21-6-4-12/h1-8,10-11,24H,9H2,(H,23,25). The third-order valence-corrected chi connectivity index (χ3v) is 3.41. The number of hydrogen-bond donors (Lipinski definition) is 2. The zero-order valence-corrected chi connectivity index (χ0v) is 13.0. The summed E-state index contributed by atoms with van der Waals surface area (Å²) in [6.07, 6.45) is 6.15. The van der Waals surface area contributed by atoms with Gasteiger partial charge in [-0.2, -0.15) is 0 Å². The van der Waals surface area contributed by atoms with E-state index in [1.54, 1.807) is 24.5 Å². The van der Waals surface area contributed by atoms with E-state index < -0.39 is 11.6 Å². The number of hydrogen-bond acceptors (Lipinski definition) is 4. The van der Waals surface area contributed by atoms with Crippen LogP contribution in [0.4, 0.5) is 20.2 Å². The van der Waals surface area contributed by atoms with Crippen molar-refractivity contribution in [2.24, 2.45) is 0 Å². The first kappa shape index (κ1) is 16.5. The van der Waals surface area contributed by atoms with E-state index in [2.05, 4.69) is 20.6 Å². The summed E-state index contributed by atoms with van der Waals surface area (Å²) in [6.45, 7) is 0.353. The maximum atomic E-state index is 13.7. The summed E-state index contributed by atoms with van der Waals surface area (Å²) >= 11 is 0. The third kappa shape index (κ3) is 4.35. The van der Waals surface area contributed by atoms with Crippen LogP contribution >= 0.6 is 0 Å². The second kappa shape index (κ2) is 7.48. The molecule has 0 bridgehead atoms. The van der Waals surface area contributed by atoms with Gasteiger partial charge in [-0.3, -0.25) is 14.8 Å². The monoisotopic (exact) mass is 340 g/mol. The maximum Gasteiger partial charge on any atom is 0.253 e. The molecule has 1 amide bonds. The number of pyridine rings is 2. The van der Waals surface area contributed by atoms with Crippen LogP contribution in [0.15, 0.2) is 61.2 Å². The maximum absolute atomic E-state index is 13.7. The molecule has 3 aromatic rings. The van der Waals surface area contributed by atoms with Crippen LogP contribution in [0.25, 0.3) is 0 Å². The fourth-order valence-electron chi connectivity index (χ4n) is 2.16. The number of nitrogens with one attached hydrogen (secondary N) is 2. The van der Waals surface area contributed by atoms with Crippen molar-refractivity contribution in [1.82, 2.24) is 15.3 Å². The summed E-state index contributed by atoms with van der Waals surface area (Å²) in [6, 6.07) is 8.34. The van der Waals surface area contributed by atoms with Gasteiger partial charge in [-0.15, -0.1) is 0 Å². The van der Waals surface area contributed by atoms with E-state index in [9.17, 15) is 13.6 Å². The number of rotatable bonds is 5. The Kier molecular flexibility index (Phi) is 4.94. The Hall–Kier alpha value is -3.35. The second-order valence-electron chi connectivity index (χ2n) is 5.25. The van der Waals surface area contributed by atoms with Gasteiger partial charge >= 0.3 is 0 Å². The molecule has 5 nitrogen and oxygen atoms in total. The van der Waals surface area contributed by atoms with E-state index in [1.165, 1.54) is 24.5 Å². The SMILES string of the molecule is O=C(NCc1ccncc1)c1cncc(Nc2ccc(F)cc2F)c1. The van der Waals surface area contributed by atoms with E-state index in [1.807, 2.05) is 0 Å². The van der Waals surface area contributed by atoms with Crippen molar-refractivity contribution in [2.75, 3.05) is 5.32 Å². The molecule has 25 heavy (non-hydrogen) atoms. The summed E-state index contributed by atoms with van der Waals surface area (Å²) in [5.41, 5.74) is 1.75. The summed E-state index contributed by atoms with van der Waals surface area (Å²) in [4.78, 5) is 20.1. The van der Waals surface area contributed by atoms with Crippen molar-refractivity contribution in [1.29, 1.82) is 0 Å². The van der Waals surface area contributed by atoms with Crippen LogP contribution < -0.4 is 10.6 Å². The summed E-state index contributed by atoms with van der Waals surface area (Å²) in [7, 11) is 0. The number of aromatic nitrogens is 2. The average molecular weight is 340 g/mol. The highest BCUT2D eigenvalue weighted by atomic mass is 19.1. The van der Waals surface area contributed by atoms with Gasteiger partial charge in [0.05, 0.1) is 23.1 Å². The molecule has 0 aliphatic carbocycles. The average Bonchev–Trinajstić information content (AvgIpc) is 2.63. The van der Waals surface area contributed by atoms with Gasteiger partial charge in [0.2, 0.25) is 0 Å². The number of carbonyl (C=O) groups excluding carboxylic acids is 1. The highest BCUT2D eigenvalue weighted by Gasteiger charge is 2.09. The quantitative estimate of drug-likeness (QED) is 0.747. The molecule has 0 aliphatic rings. The molecule has 126 valence electrons. The molecule has 0 spiro atoms. The fraction of sp³-hybridized carbons (Fsp3) is 0.0556. The van der Waals surface area contributed by atoms with Crippen molar-refractivity contribution >= 4 is 17.3 Å². The molecule has 7 heteroatoms. The molecule has 2 N–H and O–H groups in total. The Bertz CT molecular complexity index is 887. The lowest BCUT2D eigenvalue weighted by molar-refractivity contribution is 0.0950. The van der Waals surface area contributed by atoms with Gasteiger partial charge in [0.25, 0.3) is 5.91 Å². The molecule has 0 fully saturated rings. The Balaban J connectivity index is 1.69. The van der Waals surface area contributed by atoms with E-state index in [4.69, 9.17) is 0 Å². The number of benzene rings is 1. The van der Waals surface area contributed by atoms with E-state index in [-0.39, 0.29) is 11.6 Å². The Morgan fingerprint density at radius 2 is 1.80 bits per heavy atom. The topological polar surface area (TPSA) is 66.9 Å². The van der Waals surface area contributed by atoms with Gasteiger partial charge in [-0.25, -0.2) is 8.78 Å². The molecule has 0 saturated heterocycles. The first-order valence-electron chi connectivity index (χ1n) is 7.46. The number of nitrogens with zero attached hydrogens (tertiary/aromatic N) is 2. The first-order chi connectivity index (χ1) is 12.1. The molecule has 0 radical (unpaired) electrons. The Morgan fingerprint density at radius 1 is 1.00 bits per heavy atom. The van der Waals surface area contributed by atoms with Crippen molar-refractivity contribution < 1.29 is 13.6 Å². The molecular weight excluding hydrogens is 326 g/mol. The Morgan fingerprint density at radius 3 is 2.56 bits per heavy atom. The van der Waals surface area contributed by atoms with Crippen LogP contribution in [-0.2, 0) is 6.54 Å². The largest absolute Gasteiger partial charge is 0.352 e.